The summed E-state index contributed by atoms with van der Waals surface area (Å²) in [5, 5.41) is 53.0. The third kappa shape index (κ3) is 3.34. The fourth-order valence-corrected chi connectivity index (χ4v) is 2.36. The highest BCUT2D eigenvalue weighted by atomic mass is 16.6. The van der Waals surface area contributed by atoms with Crippen LogP contribution >= 0.6 is 0 Å². The van der Waals surface area contributed by atoms with Crippen molar-refractivity contribution in [3.8, 4) is 34.5 Å². The van der Waals surface area contributed by atoms with Gasteiger partial charge in [-0.25, -0.2) is 0 Å². The van der Waals surface area contributed by atoms with E-state index in [-0.39, 0.29) is 35.2 Å². The van der Waals surface area contributed by atoms with E-state index in [1.807, 2.05) is 0 Å². The van der Waals surface area contributed by atoms with Crippen LogP contribution < -0.4 is 0 Å². The number of benzene rings is 2. The number of phenols is 4. The zero-order chi connectivity index (χ0) is 18.8. The van der Waals surface area contributed by atoms with Crippen LogP contribution in [0.4, 0.5) is 5.69 Å². The Morgan fingerprint density at radius 2 is 1.81 bits per heavy atom. The predicted octanol–water partition coefficient (Wildman–Crippen LogP) is 2.25. The number of nitro benzene ring substituents is 1. The SMILES string of the molecule is O=[N+]([O-])c1cc(-c2nc(CCc3cc(O)ccc3O)no2)cc(O)c1O. The molecule has 0 radical (unpaired) electrons. The first-order valence-electron chi connectivity index (χ1n) is 7.39. The van der Waals surface area contributed by atoms with E-state index >= 15 is 0 Å². The lowest BCUT2D eigenvalue weighted by Gasteiger charge is -2.03. The monoisotopic (exact) mass is 359 g/mol. The summed E-state index contributed by atoms with van der Waals surface area (Å²) in [6, 6.07) is 6.21. The molecule has 3 rings (SSSR count). The Bertz CT molecular complexity index is 984. The minimum absolute atomic E-state index is 0.0125. The number of rotatable bonds is 5. The fraction of sp³-hybridized carbons (Fsp3) is 0.125. The minimum atomic E-state index is -0.849. The van der Waals surface area contributed by atoms with E-state index < -0.39 is 22.1 Å². The molecule has 0 aliphatic carbocycles. The van der Waals surface area contributed by atoms with Crippen LogP contribution in [0.2, 0.25) is 0 Å². The van der Waals surface area contributed by atoms with Crippen LogP contribution in [-0.2, 0) is 12.8 Å². The third-order valence-corrected chi connectivity index (χ3v) is 3.66. The quantitative estimate of drug-likeness (QED) is 0.231. The summed E-state index contributed by atoms with van der Waals surface area (Å²) in [5.41, 5.74) is -0.121. The maximum atomic E-state index is 10.9. The average molecular weight is 359 g/mol. The molecule has 0 spiro atoms. The van der Waals surface area contributed by atoms with Crippen LogP contribution in [0.3, 0.4) is 0 Å². The lowest BCUT2D eigenvalue weighted by Crippen LogP contribution is -1.94. The van der Waals surface area contributed by atoms with Gasteiger partial charge in [-0.3, -0.25) is 10.1 Å². The van der Waals surface area contributed by atoms with Crippen molar-refractivity contribution in [1.82, 2.24) is 10.1 Å². The van der Waals surface area contributed by atoms with Crippen molar-refractivity contribution in [2.75, 3.05) is 0 Å². The number of phenolic OH excluding ortho intramolecular Hbond substituents is 4. The summed E-state index contributed by atoms with van der Waals surface area (Å²) in [6.45, 7) is 0. The summed E-state index contributed by atoms with van der Waals surface area (Å²) in [7, 11) is 0. The van der Waals surface area contributed by atoms with Gasteiger partial charge in [0, 0.05) is 12.5 Å². The Balaban J connectivity index is 1.82. The summed E-state index contributed by atoms with van der Waals surface area (Å²) in [6.07, 6.45) is 0.590. The van der Waals surface area contributed by atoms with Crippen LogP contribution in [0.5, 0.6) is 23.0 Å². The van der Waals surface area contributed by atoms with Gasteiger partial charge in [0.25, 0.3) is 5.89 Å². The van der Waals surface area contributed by atoms with Gasteiger partial charge >= 0.3 is 5.69 Å². The average Bonchev–Trinajstić information content (AvgIpc) is 3.06. The van der Waals surface area contributed by atoms with Crippen LogP contribution in [0, 0.1) is 10.1 Å². The molecule has 0 saturated carbocycles. The lowest BCUT2D eigenvalue weighted by atomic mass is 10.1. The Morgan fingerprint density at radius 3 is 2.54 bits per heavy atom. The molecule has 3 aromatic rings. The van der Waals surface area contributed by atoms with Gasteiger partial charge in [-0.1, -0.05) is 5.16 Å². The van der Waals surface area contributed by atoms with E-state index in [0.717, 1.165) is 12.1 Å². The van der Waals surface area contributed by atoms with Crippen LogP contribution in [0.25, 0.3) is 11.5 Å². The normalized spacial score (nSPS) is 10.8. The lowest BCUT2D eigenvalue weighted by molar-refractivity contribution is -0.385. The smallest absolute Gasteiger partial charge is 0.315 e. The first-order valence-corrected chi connectivity index (χ1v) is 7.39. The maximum absolute atomic E-state index is 10.9. The molecule has 134 valence electrons. The zero-order valence-electron chi connectivity index (χ0n) is 13.2. The van der Waals surface area contributed by atoms with Crippen molar-refractivity contribution >= 4 is 5.69 Å². The molecule has 26 heavy (non-hydrogen) atoms. The highest BCUT2D eigenvalue weighted by molar-refractivity contribution is 5.67. The molecule has 2 aromatic carbocycles. The Kier molecular flexibility index (Phi) is 4.31. The number of hydrogen-bond donors (Lipinski definition) is 4. The van der Waals surface area contributed by atoms with Gasteiger partial charge < -0.3 is 24.9 Å². The van der Waals surface area contributed by atoms with Crippen molar-refractivity contribution in [3.05, 3.63) is 51.8 Å². The van der Waals surface area contributed by atoms with E-state index in [1.165, 1.54) is 18.2 Å². The minimum Gasteiger partial charge on any atom is -0.508 e. The molecule has 10 heteroatoms. The van der Waals surface area contributed by atoms with Gasteiger partial charge in [0.15, 0.2) is 11.6 Å². The summed E-state index contributed by atoms with van der Waals surface area (Å²) in [4.78, 5) is 14.1. The van der Waals surface area contributed by atoms with Gasteiger partial charge in [0.05, 0.1) is 10.5 Å². The molecule has 10 nitrogen and oxygen atoms in total. The summed E-state index contributed by atoms with van der Waals surface area (Å²) >= 11 is 0. The van der Waals surface area contributed by atoms with Gasteiger partial charge in [-0.2, -0.15) is 4.98 Å². The van der Waals surface area contributed by atoms with Crippen molar-refractivity contribution in [1.29, 1.82) is 0 Å². The molecule has 4 N–H and O–H groups in total. The van der Waals surface area contributed by atoms with Crippen LogP contribution in [0.1, 0.15) is 11.4 Å². The Labute approximate surface area is 145 Å². The number of aryl methyl sites for hydroxylation is 2. The number of aromatic hydroxyl groups is 4. The van der Waals surface area contributed by atoms with Gasteiger partial charge in [0.2, 0.25) is 5.75 Å². The molecule has 1 aromatic heterocycles. The van der Waals surface area contributed by atoms with Crippen molar-refractivity contribution in [2.45, 2.75) is 12.8 Å². The maximum Gasteiger partial charge on any atom is 0.315 e. The second-order valence-corrected chi connectivity index (χ2v) is 5.45. The molecule has 0 unspecified atom stereocenters. The van der Waals surface area contributed by atoms with E-state index in [4.69, 9.17) is 4.52 Å². The molecule has 0 saturated heterocycles. The predicted molar refractivity (Wildman–Crippen MR) is 86.9 cm³/mol. The van der Waals surface area contributed by atoms with Crippen LogP contribution in [0.15, 0.2) is 34.9 Å². The molecular formula is C16H13N3O7. The topological polar surface area (TPSA) is 163 Å². The van der Waals surface area contributed by atoms with E-state index in [9.17, 15) is 30.5 Å². The Morgan fingerprint density at radius 1 is 1.04 bits per heavy atom. The second kappa shape index (κ2) is 6.59. The number of hydrogen-bond acceptors (Lipinski definition) is 9. The second-order valence-electron chi connectivity index (χ2n) is 5.45. The van der Waals surface area contributed by atoms with E-state index in [2.05, 4.69) is 10.1 Å². The van der Waals surface area contributed by atoms with Crippen molar-refractivity contribution < 1.29 is 29.9 Å². The molecule has 0 fully saturated rings. The van der Waals surface area contributed by atoms with Gasteiger partial charge in [0.1, 0.15) is 11.5 Å². The standard InChI is InChI=1S/C16H13N3O7/c20-10-2-3-12(21)8(5-10)1-4-14-17-16(26-18-14)9-6-11(19(24)25)15(23)13(22)7-9/h2-3,5-7,20-23H,1,4H2. The molecule has 0 amide bonds. The molecule has 0 aliphatic heterocycles. The van der Waals surface area contributed by atoms with E-state index in [1.54, 1.807) is 0 Å². The Hall–Kier alpha value is -3.82. The van der Waals surface area contributed by atoms with Gasteiger partial charge in [-0.15, -0.1) is 0 Å². The van der Waals surface area contributed by atoms with E-state index in [0.29, 0.717) is 12.0 Å². The molecule has 0 bridgehead atoms. The highest BCUT2D eigenvalue weighted by Crippen LogP contribution is 2.39. The first-order chi connectivity index (χ1) is 12.3. The largest absolute Gasteiger partial charge is 0.508 e. The molecular weight excluding hydrogens is 346 g/mol. The molecule has 0 atom stereocenters. The zero-order valence-corrected chi connectivity index (χ0v) is 13.2. The van der Waals surface area contributed by atoms with Crippen molar-refractivity contribution in [3.63, 3.8) is 0 Å². The molecule has 0 aliphatic rings. The fourth-order valence-electron chi connectivity index (χ4n) is 2.36. The third-order valence-electron chi connectivity index (χ3n) is 3.66. The van der Waals surface area contributed by atoms with Crippen molar-refractivity contribution in [2.24, 2.45) is 0 Å². The van der Waals surface area contributed by atoms with Gasteiger partial charge in [-0.05, 0) is 36.2 Å². The van der Waals surface area contributed by atoms with Crippen LogP contribution in [-0.4, -0.2) is 35.5 Å². The number of nitro groups is 1. The first kappa shape index (κ1) is 17.0. The summed E-state index contributed by atoms with van der Waals surface area (Å²) in [5.74, 6) is -1.31. The summed E-state index contributed by atoms with van der Waals surface area (Å²) < 4.78 is 5.03. The number of aromatic nitrogens is 2. The number of nitrogens with zero attached hydrogens (tertiary/aromatic N) is 3. The molecule has 1 heterocycles. The highest BCUT2D eigenvalue weighted by Gasteiger charge is 2.22.